The van der Waals surface area contributed by atoms with Gasteiger partial charge in [0, 0.05) is 61.9 Å². The minimum Gasteiger partial charge on any atom is -0.368 e. The standard InChI is InChI=1S/C23H35N5O/c1-4-20(29)28-15-23(16-28)9-18(10-23)26-7-5-22(13-26)6-8-27(14-22)19-11-24-21(17(2)3)25-12-19/h11-12,17-18H,4-10,13-16H2,1-3H3. The van der Waals surface area contributed by atoms with E-state index in [9.17, 15) is 4.79 Å². The van der Waals surface area contributed by atoms with Crippen molar-refractivity contribution in [1.29, 1.82) is 0 Å². The molecule has 6 nitrogen and oxygen atoms in total. The van der Waals surface area contributed by atoms with Crippen LogP contribution in [-0.4, -0.2) is 71.0 Å². The number of hydrogen-bond acceptors (Lipinski definition) is 5. The van der Waals surface area contributed by atoms with E-state index in [4.69, 9.17) is 0 Å². The van der Waals surface area contributed by atoms with E-state index in [0.717, 1.165) is 38.0 Å². The summed E-state index contributed by atoms with van der Waals surface area (Å²) in [6.45, 7) is 13.0. The average molecular weight is 398 g/mol. The fourth-order valence-corrected chi connectivity index (χ4v) is 6.18. The number of carbonyl (C=O) groups excluding carboxylic acids is 1. The summed E-state index contributed by atoms with van der Waals surface area (Å²) in [4.78, 5) is 28.3. The van der Waals surface area contributed by atoms with Gasteiger partial charge in [0.2, 0.25) is 5.91 Å². The molecule has 4 fully saturated rings. The van der Waals surface area contributed by atoms with Crippen LogP contribution in [-0.2, 0) is 4.79 Å². The van der Waals surface area contributed by atoms with E-state index in [1.165, 1.54) is 44.5 Å². The van der Waals surface area contributed by atoms with Gasteiger partial charge >= 0.3 is 0 Å². The van der Waals surface area contributed by atoms with Crippen LogP contribution in [0, 0.1) is 10.8 Å². The highest BCUT2D eigenvalue weighted by molar-refractivity contribution is 5.77. The number of nitrogens with zero attached hydrogens (tertiary/aromatic N) is 5. The van der Waals surface area contributed by atoms with E-state index in [1.54, 1.807) is 0 Å². The van der Waals surface area contributed by atoms with Gasteiger partial charge in [-0.3, -0.25) is 9.69 Å². The third-order valence-corrected chi connectivity index (χ3v) is 8.01. The van der Waals surface area contributed by atoms with Gasteiger partial charge in [0.15, 0.2) is 0 Å². The minimum atomic E-state index is 0.329. The molecule has 3 saturated heterocycles. The smallest absolute Gasteiger partial charge is 0.222 e. The summed E-state index contributed by atoms with van der Waals surface area (Å²) in [5, 5.41) is 0. The Balaban J connectivity index is 1.14. The van der Waals surface area contributed by atoms with Crippen LogP contribution in [0.1, 0.15) is 64.6 Å². The zero-order valence-corrected chi connectivity index (χ0v) is 18.2. The van der Waals surface area contributed by atoms with Gasteiger partial charge in [-0.05, 0) is 32.2 Å². The monoisotopic (exact) mass is 397 g/mol. The molecule has 6 heteroatoms. The van der Waals surface area contributed by atoms with Crippen molar-refractivity contribution < 1.29 is 4.79 Å². The van der Waals surface area contributed by atoms with Crippen LogP contribution in [0.3, 0.4) is 0 Å². The summed E-state index contributed by atoms with van der Waals surface area (Å²) in [6, 6.07) is 0.746. The van der Waals surface area contributed by atoms with Crippen molar-refractivity contribution in [3.63, 3.8) is 0 Å². The molecular weight excluding hydrogens is 362 g/mol. The first-order valence-corrected chi connectivity index (χ1v) is 11.5. The van der Waals surface area contributed by atoms with E-state index < -0.39 is 0 Å². The molecule has 158 valence electrons. The summed E-state index contributed by atoms with van der Waals surface area (Å²) in [5.74, 6) is 1.64. The number of anilines is 1. The van der Waals surface area contributed by atoms with Crippen molar-refractivity contribution >= 4 is 11.6 Å². The van der Waals surface area contributed by atoms with Crippen LogP contribution in [0.5, 0.6) is 0 Å². The Kier molecular flexibility index (Phi) is 4.61. The molecular formula is C23H35N5O. The summed E-state index contributed by atoms with van der Waals surface area (Å²) < 4.78 is 0. The third-order valence-electron chi connectivity index (χ3n) is 8.01. The maximum atomic E-state index is 11.8. The van der Waals surface area contributed by atoms with Gasteiger partial charge < -0.3 is 9.80 Å². The Morgan fingerprint density at radius 3 is 2.41 bits per heavy atom. The lowest BCUT2D eigenvalue weighted by Crippen LogP contribution is -2.67. The zero-order chi connectivity index (χ0) is 20.2. The van der Waals surface area contributed by atoms with Crippen molar-refractivity contribution in [2.75, 3.05) is 44.2 Å². The lowest BCUT2D eigenvalue weighted by molar-refractivity contribution is -0.156. The highest BCUT2D eigenvalue weighted by atomic mass is 16.2. The van der Waals surface area contributed by atoms with Crippen molar-refractivity contribution in [2.45, 2.75) is 64.8 Å². The molecule has 3 aliphatic heterocycles. The summed E-state index contributed by atoms with van der Waals surface area (Å²) in [7, 11) is 0. The molecule has 2 spiro atoms. The van der Waals surface area contributed by atoms with Gasteiger partial charge in [-0.25, -0.2) is 9.97 Å². The highest BCUT2D eigenvalue weighted by Crippen LogP contribution is 2.52. The summed E-state index contributed by atoms with van der Waals surface area (Å²) in [5.41, 5.74) is 2.09. The van der Waals surface area contributed by atoms with Crippen LogP contribution in [0.25, 0.3) is 0 Å². The Hall–Kier alpha value is -1.69. The van der Waals surface area contributed by atoms with Crippen molar-refractivity contribution in [2.24, 2.45) is 10.8 Å². The molecule has 0 aromatic carbocycles. The molecule has 1 aromatic heterocycles. The third kappa shape index (κ3) is 3.33. The number of rotatable bonds is 4. The van der Waals surface area contributed by atoms with Crippen LogP contribution in [0.2, 0.25) is 0 Å². The Morgan fingerprint density at radius 2 is 1.76 bits per heavy atom. The quantitative estimate of drug-likeness (QED) is 0.782. The first-order chi connectivity index (χ1) is 13.9. The normalized spacial score (nSPS) is 29.1. The number of likely N-dealkylation sites (tertiary alicyclic amines) is 2. The number of carbonyl (C=O) groups is 1. The molecule has 4 heterocycles. The molecule has 1 aromatic rings. The van der Waals surface area contributed by atoms with E-state index in [1.807, 2.05) is 19.3 Å². The molecule has 1 saturated carbocycles. The summed E-state index contributed by atoms with van der Waals surface area (Å²) in [6.07, 6.45) is 9.88. The molecule has 4 aliphatic rings. The molecule has 1 aliphatic carbocycles. The number of hydrogen-bond donors (Lipinski definition) is 0. The van der Waals surface area contributed by atoms with Crippen LogP contribution in [0.15, 0.2) is 12.4 Å². The van der Waals surface area contributed by atoms with E-state index in [-0.39, 0.29) is 0 Å². The molecule has 1 atom stereocenters. The van der Waals surface area contributed by atoms with E-state index >= 15 is 0 Å². The predicted molar refractivity (Wildman–Crippen MR) is 114 cm³/mol. The van der Waals surface area contributed by atoms with Crippen LogP contribution >= 0.6 is 0 Å². The van der Waals surface area contributed by atoms with Crippen LogP contribution < -0.4 is 4.90 Å². The van der Waals surface area contributed by atoms with E-state index in [0.29, 0.717) is 29.1 Å². The molecule has 1 unspecified atom stereocenters. The molecule has 0 radical (unpaired) electrons. The second-order valence-corrected chi connectivity index (χ2v) is 10.5. The van der Waals surface area contributed by atoms with Crippen molar-refractivity contribution in [3.8, 4) is 0 Å². The fraction of sp³-hybridized carbons (Fsp3) is 0.783. The summed E-state index contributed by atoms with van der Waals surface area (Å²) >= 11 is 0. The fourth-order valence-electron chi connectivity index (χ4n) is 6.18. The maximum Gasteiger partial charge on any atom is 0.222 e. The van der Waals surface area contributed by atoms with Gasteiger partial charge in [-0.15, -0.1) is 0 Å². The topological polar surface area (TPSA) is 52.6 Å². The Bertz CT molecular complexity index is 764. The Morgan fingerprint density at radius 1 is 1.07 bits per heavy atom. The lowest BCUT2D eigenvalue weighted by Gasteiger charge is -2.60. The predicted octanol–water partition coefficient (Wildman–Crippen LogP) is 2.90. The molecule has 0 N–H and O–H groups in total. The van der Waals surface area contributed by atoms with E-state index in [2.05, 4.69) is 38.5 Å². The van der Waals surface area contributed by atoms with Crippen molar-refractivity contribution in [3.05, 3.63) is 18.2 Å². The first kappa shape index (κ1) is 19.3. The minimum absolute atomic E-state index is 0.329. The number of aromatic nitrogens is 2. The molecule has 0 bridgehead atoms. The van der Waals surface area contributed by atoms with Gasteiger partial charge in [-0.2, -0.15) is 0 Å². The molecule has 1 amide bonds. The second-order valence-electron chi connectivity index (χ2n) is 10.5. The maximum absolute atomic E-state index is 11.8. The largest absolute Gasteiger partial charge is 0.368 e. The first-order valence-electron chi connectivity index (χ1n) is 11.5. The van der Waals surface area contributed by atoms with Gasteiger partial charge in [-0.1, -0.05) is 20.8 Å². The van der Waals surface area contributed by atoms with Crippen LogP contribution in [0.4, 0.5) is 5.69 Å². The average Bonchev–Trinajstić information content (AvgIpc) is 3.26. The van der Waals surface area contributed by atoms with Gasteiger partial charge in [0.1, 0.15) is 5.82 Å². The highest BCUT2D eigenvalue weighted by Gasteiger charge is 2.56. The van der Waals surface area contributed by atoms with Crippen molar-refractivity contribution in [1.82, 2.24) is 19.8 Å². The molecule has 5 rings (SSSR count). The SMILES string of the molecule is CCC(=O)N1CC2(CC(N3CCC4(CCN(c5cnc(C(C)C)nc5)C4)C3)C2)C1. The zero-order valence-electron chi connectivity index (χ0n) is 18.2. The molecule has 29 heavy (non-hydrogen) atoms. The second kappa shape index (κ2) is 6.93. The lowest BCUT2D eigenvalue weighted by atomic mass is 9.60. The van der Waals surface area contributed by atoms with Gasteiger partial charge in [0.25, 0.3) is 0 Å². The Labute approximate surface area is 174 Å². The van der Waals surface area contributed by atoms with Gasteiger partial charge in [0.05, 0.1) is 18.1 Å². The number of amides is 1.